The molecular formula is C16H16Cl2O6. The number of ether oxygens (including phenoxy) is 3. The highest BCUT2D eigenvalue weighted by molar-refractivity contribution is 6.42. The number of unbranched alkanes of at least 4 members (excludes halogenated alkanes) is 1. The van der Waals surface area contributed by atoms with Crippen LogP contribution in [0.15, 0.2) is 30.2 Å². The van der Waals surface area contributed by atoms with Crippen molar-refractivity contribution in [2.24, 2.45) is 0 Å². The van der Waals surface area contributed by atoms with Crippen molar-refractivity contribution in [2.75, 3.05) is 13.2 Å². The Hall–Kier alpha value is -1.92. The topological polar surface area (TPSA) is 82.1 Å². The average molecular weight is 375 g/mol. The van der Waals surface area contributed by atoms with E-state index in [0.717, 1.165) is 6.42 Å². The molecule has 0 amide bonds. The van der Waals surface area contributed by atoms with Crippen LogP contribution in [-0.4, -0.2) is 36.2 Å². The number of rotatable bonds is 8. The van der Waals surface area contributed by atoms with Gasteiger partial charge in [-0.25, -0.2) is 4.79 Å². The van der Waals surface area contributed by atoms with Crippen LogP contribution in [0.3, 0.4) is 0 Å². The molecule has 24 heavy (non-hydrogen) atoms. The quantitative estimate of drug-likeness (QED) is 0.554. The number of carboxylic acids is 1. The molecule has 0 aromatic heterocycles. The van der Waals surface area contributed by atoms with E-state index in [9.17, 15) is 9.59 Å². The van der Waals surface area contributed by atoms with Crippen LogP contribution in [0.5, 0.6) is 5.75 Å². The van der Waals surface area contributed by atoms with Crippen molar-refractivity contribution in [3.8, 4) is 5.75 Å². The minimum Gasteiger partial charge on any atom is -0.494 e. The van der Waals surface area contributed by atoms with Gasteiger partial charge >= 0.3 is 5.97 Å². The van der Waals surface area contributed by atoms with Crippen molar-refractivity contribution in [1.82, 2.24) is 0 Å². The summed E-state index contributed by atoms with van der Waals surface area (Å²) in [5.74, 6) is -0.848. The zero-order valence-corrected chi connectivity index (χ0v) is 14.2. The molecule has 0 bridgehead atoms. The summed E-state index contributed by atoms with van der Waals surface area (Å²) in [6, 6.07) is 5.05. The average Bonchev–Trinajstić information content (AvgIpc) is 2.53. The van der Waals surface area contributed by atoms with Crippen molar-refractivity contribution in [3.63, 3.8) is 0 Å². The number of carbonyl (C=O) groups excluding carboxylic acids is 1. The molecule has 6 nitrogen and oxygen atoms in total. The fourth-order valence-corrected chi connectivity index (χ4v) is 2.26. The summed E-state index contributed by atoms with van der Waals surface area (Å²) >= 11 is 11.7. The lowest BCUT2D eigenvalue weighted by molar-refractivity contribution is -0.153. The summed E-state index contributed by atoms with van der Waals surface area (Å²) in [7, 11) is 0. The predicted octanol–water partition coefficient (Wildman–Crippen LogP) is 3.45. The number of hydrogen-bond acceptors (Lipinski definition) is 5. The number of ketones is 1. The molecule has 0 aliphatic carbocycles. The van der Waals surface area contributed by atoms with E-state index >= 15 is 0 Å². The van der Waals surface area contributed by atoms with Gasteiger partial charge in [-0.3, -0.25) is 4.79 Å². The fourth-order valence-electron chi connectivity index (χ4n) is 1.97. The molecule has 130 valence electrons. The van der Waals surface area contributed by atoms with Crippen LogP contribution in [0.1, 0.15) is 19.3 Å². The van der Waals surface area contributed by atoms with Gasteiger partial charge < -0.3 is 19.3 Å². The summed E-state index contributed by atoms with van der Waals surface area (Å²) in [5.41, 5.74) is 0. The van der Waals surface area contributed by atoms with Crippen molar-refractivity contribution in [2.45, 2.75) is 25.4 Å². The van der Waals surface area contributed by atoms with Gasteiger partial charge in [0.15, 0.2) is 5.78 Å². The smallest absolute Gasteiger partial charge is 0.352 e. The van der Waals surface area contributed by atoms with Crippen molar-refractivity contribution >= 4 is 35.0 Å². The van der Waals surface area contributed by atoms with Gasteiger partial charge in [0.2, 0.25) is 0 Å². The Morgan fingerprint density at radius 3 is 2.54 bits per heavy atom. The van der Waals surface area contributed by atoms with Gasteiger partial charge in [0.1, 0.15) is 17.8 Å². The number of allylic oxidation sites excluding steroid dienone is 1. The number of carbonyl (C=O) groups is 2. The molecule has 1 aliphatic heterocycles. The first-order valence-corrected chi connectivity index (χ1v) is 8.03. The van der Waals surface area contributed by atoms with E-state index in [1.165, 1.54) is 6.26 Å². The van der Waals surface area contributed by atoms with E-state index in [2.05, 4.69) is 0 Å². The number of Topliss-reactive ketones (excluding diaryl/α,β-unsaturated/α-hetero) is 1. The maximum Gasteiger partial charge on any atom is 0.352 e. The van der Waals surface area contributed by atoms with Gasteiger partial charge in [0.05, 0.1) is 29.7 Å². The van der Waals surface area contributed by atoms with E-state index < -0.39 is 17.9 Å². The molecule has 0 saturated heterocycles. The lowest BCUT2D eigenvalue weighted by atomic mass is 10.1. The third-order valence-corrected chi connectivity index (χ3v) is 3.93. The van der Waals surface area contributed by atoms with E-state index in [-0.39, 0.29) is 6.42 Å². The highest BCUT2D eigenvalue weighted by atomic mass is 35.5. The molecule has 0 fully saturated rings. The zero-order chi connectivity index (χ0) is 17.5. The third kappa shape index (κ3) is 5.32. The van der Waals surface area contributed by atoms with E-state index in [0.29, 0.717) is 41.2 Å². The number of hydrogen-bond donors (Lipinski definition) is 1. The summed E-state index contributed by atoms with van der Waals surface area (Å²) < 4.78 is 15.8. The fraction of sp³-hybridized carbons (Fsp3) is 0.375. The molecule has 1 aromatic rings. The predicted molar refractivity (Wildman–Crippen MR) is 87.4 cm³/mol. The van der Waals surface area contributed by atoms with Crippen LogP contribution in [0, 0.1) is 0 Å². The molecule has 2 rings (SSSR count). The van der Waals surface area contributed by atoms with Crippen LogP contribution in [-0.2, 0) is 19.1 Å². The second-order valence-corrected chi connectivity index (χ2v) is 5.88. The lowest BCUT2D eigenvalue weighted by Gasteiger charge is -2.19. The maximum absolute atomic E-state index is 11.5. The van der Waals surface area contributed by atoms with Gasteiger partial charge in [-0.1, -0.05) is 23.2 Å². The van der Waals surface area contributed by atoms with E-state index in [1.807, 2.05) is 0 Å². The van der Waals surface area contributed by atoms with Gasteiger partial charge in [0, 0.05) is 6.07 Å². The molecule has 1 unspecified atom stereocenters. The first-order valence-electron chi connectivity index (χ1n) is 7.28. The van der Waals surface area contributed by atoms with Crippen molar-refractivity contribution < 1.29 is 28.9 Å². The first kappa shape index (κ1) is 18.4. The van der Waals surface area contributed by atoms with Crippen LogP contribution >= 0.6 is 23.2 Å². The Kier molecular flexibility index (Phi) is 6.75. The monoisotopic (exact) mass is 374 g/mol. The molecule has 1 aromatic carbocycles. The zero-order valence-electron chi connectivity index (χ0n) is 12.7. The van der Waals surface area contributed by atoms with Crippen LogP contribution in [0.4, 0.5) is 0 Å². The first-order chi connectivity index (χ1) is 11.5. The second kappa shape index (κ2) is 8.80. The van der Waals surface area contributed by atoms with Gasteiger partial charge in [-0.05, 0) is 25.0 Å². The summed E-state index contributed by atoms with van der Waals surface area (Å²) in [5, 5.41) is 9.66. The molecule has 1 heterocycles. The normalized spacial score (nSPS) is 17.0. The Morgan fingerprint density at radius 1 is 1.21 bits per heavy atom. The third-order valence-electron chi connectivity index (χ3n) is 3.19. The van der Waals surface area contributed by atoms with Crippen molar-refractivity contribution in [3.05, 3.63) is 40.3 Å². The highest BCUT2D eigenvalue weighted by Crippen LogP contribution is 2.26. The minimum absolute atomic E-state index is 0.0727. The summed E-state index contributed by atoms with van der Waals surface area (Å²) in [6.07, 6.45) is 1.12. The van der Waals surface area contributed by atoms with E-state index in [1.54, 1.807) is 18.2 Å². The van der Waals surface area contributed by atoms with Crippen LogP contribution < -0.4 is 4.74 Å². The molecule has 0 saturated carbocycles. The number of halogens is 2. The molecule has 0 spiro atoms. The molecular weight excluding hydrogens is 359 g/mol. The number of carboxylic acid groups (broad SMARTS) is 1. The molecule has 1 atom stereocenters. The van der Waals surface area contributed by atoms with Crippen LogP contribution in [0.25, 0.3) is 0 Å². The Labute approximate surface area is 148 Å². The number of benzene rings is 1. The van der Waals surface area contributed by atoms with Gasteiger partial charge in [-0.2, -0.15) is 0 Å². The Bertz CT molecular complexity index is 643. The van der Waals surface area contributed by atoms with Crippen LogP contribution in [0.2, 0.25) is 10.0 Å². The van der Waals surface area contributed by atoms with Gasteiger partial charge in [-0.15, -0.1) is 0 Å². The second-order valence-electron chi connectivity index (χ2n) is 5.06. The highest BCUT2D eigenvalue weighted by Gasteiger charge is 2.31. The SMILES string of the molecule is O=C(O)C1OC=C(OCCCCOc2ccc(Cl)c(Cl)c2)CC1=O. The minimum atomic E-state index is -1.43. The summed E-state index contributed by atoms with van der Waals surface area (Å²) in [4.78, 5) is 22.2. The molecule has 8 heteroatoms. The standard InChI is InChI=1S/C16H16Cl2O6/c17-12-4-3-10(7-13(12)18)22-5-1-2-6-23-11-8-14(19)15(16(20)21)24-9-11/h3-4,7,9,15H,1-2,5-6,8H2,(H,20,21). The molecule has 1 N–H and O–H groups in total. The maximum atomic E-state index is 11.5. The van der Waals surface area contributed by atoms with E-state index in [4.69, 9.17) is 42.5 Å². The largest absolute Gasteiger partial charge is 0.494 e. The Balaban J connectivity index is 1.62. The molecule has 1 aliphatic rings. The number of aliphatic carboxylic acids is 1. The molecule has 0 radical (unpaired) electrons. The summed E-state index contributed by atoms with van der Waals surface area (Å²) in [6.45, 7) is 0.863. The van der Waals surface area contributed by atoms with Gasteiger partial charge in [0.25, 0.3) is 6.10 Å². The lowest BCUT2D eigenvalue weighted by Crippen LogP contribution is -2.34. The Morgan fingerprint density at radius 2 is 1.92 bits per heavy atom. The van der Waals surface area contributed by atoms with Crippen molar-refractivity contribution in [1.29, 1.82) is 0 Å².